The Kier molecular flexibility index (Phi) is 9.93. The van der Waals surface area contributed by atoms with Crippen LogP contribution >= 0.6 is 12.4 Å². The SMILES string of the molecule is CCOc1ccc(S(=O)(=O)NCCC(=O)NCC2CCCNC2)cc1.Cl. The molecule has 26 heavy (non-hydrogen) atoms. The van der Waals surface area contributed by atoms with Crippen LogP contribution in [0.3, 0.4) is 0 Å². The summed E-state index contributed by atoms with van der Waals surface area (Å²) < 4.78 is 32.1. The number of hydrogen-bond acceptors (Lipinski definition) is 5. The van der Waals surface area contributed by atoms with Crippen molar-refractivity contribution in [2.45, 2.75) is 31.1 Å². The van der Waals surface area contributed by atoms with Crippen molar-refractivity contribution < 1.29 is 17.9 Å². The van der Waals surface area contributed by atoms with E-state index in [-0.39, 0.29) is 36.2 Å². The molecule has 1 amide bonds. The second-order valence-electron chi connectivity index (χ2n) is 6.07. The molecule has 1 aliphatic heterocycles. The van der Waals surface area contributed by atoms with E-state index in [4.69, 9.17) is 4.74 Å². The van der Waals surface area contributed by atoms with E-state index in [1.165, 1.54) is 12.1 Å². The van der Waals surface area contributed by atoms with Gasteiger partial charge in [-0.05, 0) is 63.0 Å². The van der Waals surface area contributed by atoms with Crippen molar-refractivity contribution >= 4 is 28.3 Å². The fourth-order valence-corrected chi connectivity index (χ4v) is 3.74. The number of carbonyl (C=O) groups excluding carboxylic acids is 1. The molecule has 7 nitrogen and oxygen atoms in total. The van der Waals surface area contributed by atoms with E-state index >= 15 is 0 Å². The third-order valence-corrected chi connectivity index (χ3v) is 5.55. The Morgan fingerprint density at radius 3 is 2.65 bits per heavy atom. The third-order valence-electron chi connectivity index (χ3n) is 4.08. The average molecular weight is 406 g/mol. The van der Waals surface area contributed by atoms with Gasteiger partial charge in [0, 0.05) is 19.5 Å². The molecule has 2 rings (SSSR count). The monoisotopic (exact) mass is 405 g/mol. The van der Waals surface area contributed by atoms with Gasteiger partial charge in [-0.3, -0.25) is 4.79 Å². The van der Waals surface area contributed by atoms with Crippen LogP contribution in [0.2, 0.25) is 0 Å². The van der Waals surface area contributed by atoms with Crippen molar-refractivity contribution in [2.75, 3.05) is 32.8 Å². The van der Waals surface area contributed by atoms with Crippen LogP contribution in [0.4, 0.5) is 0 Å². The molecule has 0 radical (unpaired) electrons. The van der Waals surface area contributed by atoms with Crippen molar-refractivity contribution in [2.24, 2.45) is 5.92 Å². The molecule has 1 heterocycles. The molecule has 1 unspecified atom stereocenters. The summed E-state index contributed by atoms with van der Waals surface area (Å²) in [5, 5.41) is 6.17. The first-order valence-electron chi connectivity index (χ1n) is 8.71. The summed E-state index contributed by atoms with van der Waals surface area (Å²) in [6.45, 7) is 5.06. The Balaban J connectivity index is 0.00000338. The molecule has 1 aromatic rings. The minimum absolute atomic E-state index is 0. The molecular formula is C17H28ClN3O4S. The average Bonchev–Trinajstić information content (AvgIpc) is 2.61. The number of hydrogen-bond donors (Lipinski definition) is 3. The number of amides is 1. The number of benzene rings is 1. The Labute approximate surface area is 161 Å². The van der Waals surface area contributed by atoms with Gasteiger partial charge < -0.3 is 15.4 Å². The van der Waals surface area contributed by atoms with E-state index < -0.39 is 10.0 Å². The lowest BCUT2D eigenvalue weighted by molar-refractivity contribution is -0.121. The molecule has 1 aliphatic rings. The van der Waals surface area contributed by atoms with Gasteiger partial charge in [0.05, 0.1) is 11.5 Å². The Morgan fingerprint density at radius 2 is 2.04 bits per heavy atom. The van der Waals surface area contributed by atoms with Crippen molar-refractivity contribution in [3.05, 3.63) is 24.3 Å². The second kappa shape index (κ2) is 11.4. The van der Waals surface area contributed by atoms with Gasteiger partial charge in [0.2, 0.25) is 15.9 Å². The van der Waals surface area contributed by atoms with Gasteiger partial charge in [-0.1, -0.05) is 0 Å². The highest BCUT2D eigenvalue weighted by Gasteiger charge is 2.16. The van der Waals surface area contributed by atoms with Gasteiger partial charge >= 0.3 is 0 Å². The fraction of sp³-hybridized carbons (Fsp3) is 0.588. The molecule has 0 aromatic heterocycles. The Hall–Kier alpha value is -1.35. The highest BCUT2D eigenvalue weighted by molar-refractivity contribution is 7.89. The summed E-state index contributed by atoms with van der Waals surface area (Å²) in [5.74, 6) is 0.941. The van der Waals surface area contributed by atoms with E-state index in [1.54, 1.807) is 12.1 Å². The zero-order valence-corrected chi connectivity index (χ0v) is 16.6. The molecule has 148 valence electrons. The zero-order chi connectivity index (χ0) is 18.1. The van der Waals surface area contributed by atoms with E-state index in [0.717, 1.165) is 25.9 Å². The number of sulfonamides is 1. The van der Waals surface area contributed by atoms with Gasteiger partial charge in [0.25, 0.3) is 0 Å². The van der Waals surface area contributed by atoms with Crippen LogP contribution in [0.5, 0.6) is 5.75 Å². The molecule has 1 atom stereocenters. The standard InChI is InChI=1S/C17H27N3O4S.ClH/c1-2-24-15-5-7-16(8-6-15)25(22,23)20-11-9-17(21)19-13-14-4-3-10-18-12-14;/h5-8,14,18,20H,2-4,9-13H2,1H3,(H,19,21);1H. The largest absolute Gasteiger partial charge is 0.494 e. The van der Waals surface area contributed by atoms with Gasteiger partial charge in [-0.15, -0.1) is 12.4 Å². The number of ether oxygens (including phenoxy) is 1. The predicted octanol–water partition coefficient (Wildman–Crippen LogP) is 1.29. The molecule has 1 saturated heterocycles. The predicted molar refractivity (Wildman–Crippen MR) is 103 cm³/mol. The minimum atomic E-state index is -3.62. The summed E-state index contributed by atoms with van der Waals surface area (Å²) >= 11 is 0. The lowest BCUT2D eigenvalue weighted by Crippen LogP contribution is -2.39. The highest BCUT2D eigenvalue weighted by atomic mass is 35.5. The van der Waals surface area contributed by atoms with Crippen molar-refractivity contribution in [1.29, 1.82) is 0 Å². The van der Waals surface area contributed by atoms with Crippen LogP contribution in [0.15, 0.2) is 29.2 Å². The van der Waals surface area contributed by atoms with Crippen molar-refractivity contribution in [3.8, 4) is 5.75 Å². The Bertz CT molecular complexity index is 646. The maximum Gasteiger partial charge on any atom is 0.240 e. The number of carbonyl (C=O) groups is 1. The molecule has 0 bridgehead atoms. The minimum Gasteiger partial charge on any atom is -0.494 e. The maximum absolute atomic E-state index is 12.2. The summed E-state index contributed by atoms with van der Waals surface area (Å²) in [6.07, 6.45) is 2.36. The summed E-state index contributed by atoms with van der Waals surface area (Å²) in [7, 11) is -3.62. The van der Waals surface area contributed by atoms with Crippen LogP contribution in [-0.4, -0.2) is 47.1 Å². The summed E-state index contributed by atoms with van der Waals surface area (Å²) in [6, 6.07) is 6.21. The first kappa shape index (κ1) is 22.7. The third kappa shape index (κ3) is 7.49. The lowest BCUT2D eigenvalue weighted by Gasteiger charge is -2.22. The van der Waals surface area contributed by atoms with Gasteiger partial charge in [-0.2, -0.15) is 0 Å². The van der Waals surface area contributed by atoms with Gasteiger partial charge in [0.1, 0.15) is 5.75 Å². The van der Waals surface area contributed by atoms with E-state index in [0.29, 0.717) is 24.8 Å². The van der Waals surface area contributed by atoms with Crippen molar-refractivity contribution in [3.63, 3.8) is 0 Å². The molecular weight excluding hydrogens is 378 g/mol. The smallest absolute Gasteiger partial charge is 0.240 e. The van der Waals surface area contributed by atoms with Crippen LogP contribution in [-0.2, 0) is 14.8 Å². The lowest BCUT2D eigenvalue weighted by atomic mass is 10.00. The molecule has 1 fully saturated rings. The highest BCUT2D eigenvalue weighted by Crippen LogP contribution is 2.15. The molecule has 3 N–H and O–H groups in total. The maximum atomic E-state index is 12.2. The number of piperidine rings is 1. The molecule has 0 aliphatic carbocycles. The fourth-order valence-electron chi connectivity index (χ4n) is 2.71. The van der Waals surface area contributed by atoms with Crippen molar-refractivity contribution in [1.82, 2.24) is 15.4 Å². The number of rotatable bonds is 9. The first-order chi connectivity index (χ1) is 12.0. The van der Waals surface area contributed by atoms with Gasteiger partial charge in [-0.25, -0.2) is 13.1 Å². The van der Waals surface area contributed by atoms with Crippen LogP contribution in [0.1, 0.15) is 26.2 Å². The molecule has 1 aromatic carbocycles. The molecule has 9 heteroatoms. The van der Waals surface area contributed by atoms with Crippen LogP contribution in [0.25, 0.3) is 0 Å². The van der Waals surface area contributed by atoms with E-state index in [9.17, 15) is 13.2 Å². The number of halogens is 1. The van der Waals surface area contributed by atoms with Crippen LogP contribution < -0.4 is 20.1 Å². The first-order valence-corrected chi connectivity index (χ1v) is 10.2. The molecule has 0 spiro atoms. The quantitative estimate of drug-likeness (QED) is 0.575. The topological polar surface area (TPSA) is 96.5 Å². The van der Waals surface area contributed by atoms with E-state index in [2.05, 4.69) is 15.4 Å². The Morgan fingerprint density at radius 1 is 1.31 bits per heavy atom. The summed E-state index contributed by atoms with van der Waals surface area (Å²) in [5.41, 5.74) is 0. The number of nitrogens with one attached hydrogen (secondary N) is 3. The normalized spacial score (nSPS) is 17.2. The molecule has 0 saturated carbocycles. The van der Waals surface area contributed by atoms with Gasteiger partial charge in [0.15, 0.2) is 0 Å². The van der Waals surface area contributed by atoms with E-state index in [1.807, 2.05) is 6.92 Å². The second-order valence-corrected chi connectivity index (χ2v) is 7.84. The zero-order valence-electron chi connectivity index (χ0n) is 15.0. The summed E-state index contributed by atoms with van der Waals surface area (Å²) in [4.78, 5) is 12.0. The van der Waals surface area contributed by atoms with Crippen LogP contribution in [0, 0.1) is 5.92 Å².